The molecule has 8 heteroatoms. The number of nitrogens with zero attached hydrogens (tertiary/aromatic N) is 1. The largest absolute Gasteiger partial charge is 0.274 e. The van der Waals surface area contributed by atoms with Crippen LogP contribution in [0.4, 0.5) is 0 Å². The van der Waals surface area contributed by atoms with Gasteiger partial charge in [-0.25, -0.2) is 0 Å². The molecule has 0 radical (unpaired) electrons. The summed E-state index contributed by atoms with van der Waals surface area (Å²) < 4.78 is 0. The van der Waals surface area contributed by atoms with Gasteiger partial charge in [0.2, 0.25) is 11.8 Å². The molecular formula is C17H16ClN3O4. The van der Waals surface area contributed by atoms with Gasteiger partial charge in [0.15, 0.2) is 0 Å². The monoisotopic (exact) mass is 361 g/mol. The van der Waals surface area contributed by atoms with Crippen LogP contribution in [-0.2, 0) is 14.4 Å². The second-order valence-corrected chi connectivity index (χ2v) is 6.36. The number of halogens is 1. The van der Waals surface area contributed by atoms with Crippen molar-refractivity contribution in [3.63, 3.8) is 0 Å². The summed E-state index contributed by atoms with van der Waals surface area (Å²) in [4.78, 5) is 49.4. The van der Waals surface area contributed by atoms with E-state index in [-0.39, 0.29) is 23.7 Å². The van der Waals surface area contributed by atoms with E-state index in [2.05, 4.69) is 10.9 Å². The molecule has 1 heterocycles. The topological polar surface area (TPSA) is 95.6 Å². The highest BCUT2D eigenvalue weighted by Gasteiger charge is 2.47. The van der Waals surface area contributed by atoms with Gasteiger partial charge in [-0.3, -0.25) is 34.9 Å². The number of nitrogens with one attached hydrogen (secondary N) is 2. The molecular weight excluding hydrogens is 346 g/mol. The zero-order valence-corrected chi connectivity index (χ0v) is 14.0. The maximum atomic E-state index is 12.3. The van der Waals surface area contributed by atoms with Crippen LogP contribution < -0.4 is 10.9 Å². The lowest BCUT2D eigenvalue weighted by atomic mass is 9.85. The van der Waals surface area contributed by atoms with E-state index in [1.807, 2.05) is 12.2 Å². The summed E-state index contributed by atoms with van der Waals surface area (Å²) in [5, 5.41) is 0.489. The zero-order valence-electron chi connectivity index (χ0n) is 13.2. The molecule has 1 aliphatic carbocycles. The maximum Gasteiger partial charge on any atom is 0.269 e. The number of amides is 4. The SMILES string of the molecule is O=C(CN1C(=O)[C@@H]2CC=CC[C@H]2C1=O)NNC(=O)c1ccc(Cl)cc1. The van der Waals surface area contributed by atoms with Crippen molar-refractivity contribution in [2.45, 2.75) is 12.8 Å². The molecule has 7 nitrogen and oxygen atoms in total. The normalized spacial score (nSPS) is 21.9. The van der Waals surface area contributed by atoms with E-state index >= 15 is 0 Å². The number of carbonyl (C=O) groups is 4. The van der Waals surface area contributed by atoms with Crippen molar-refractivity contribution < 1.29 is 19.2 Å². The Morgan fingerprint density at radius 3 is 2.12 bits per heavy atom. The van der Waals surface area contributed by atoms with E-state index in [1.54, 1.807) is 12.1 Å². The number of hydrazine groups is 1. The first-order valence-corrected chi connectivity index (χ1v) is 8.20. The van der Waals surface area contributed by atoms with Crippen molar-refractivity contribution in [1.29, 1.82) is 0 Å². The third-order valence-electron chi connectivity index (χ3n) is 4.32. The van der Waals surface area contributed by atoms with Crippen molar-refractivity contribution in [3.8, 4) is 0 Å². The number of likely N-dealkylation sites (tertiary alicyclic amines) is 1. The van der Waals surface area contributed by atoms with Crippen LogP contribution >= 0.6 is 11.6 Å². The maximum absolute atomic E-state index is 12.3. The molecule has 4 amide bonds. The Morgan fingerprint density at radius 1 is 1.00 bits per heavy atom. The molecule has 0 spiro atoms. The molecule has 0 unspecified atom stereocenters. The molecule has 1 aliphatic heterocycles. The van der Waals surface area contributed by atoms with Gasteiger partial charge in [-0.2, -0.15) is 0 Å². The van der Waals surface area contributed by atoms with E-state index in [0.717, 1.165) is 4.90 Å². The quantitative estimate of drug-likeness (QED) is 0.478. The fraction of sp³-hybridized carbons (Fsp3) is 0.294. The lowest BCUT2D eigenvalue weighted by molar-refractivity contribution is -0.143. The van der Waals surface area contributed by atoms with E-state index in [0.29, 0.717) is 23.4 Å². The highest BCUT2D eigenvalue weighted by Crippen LogP contribution is 2.34. The van der Waals surface area contributed by atoms with Gasteiger partial charge in [-0.05, 0) is 37.1 Å². The summed E-state index contributed by atoms with van der Waals surface area (Å²) in [7, 11) is 0. The number of rotatable bonds is 3. The van der Waals surface area contributed by atoms with Gasteiger partial charge in [0.1, 0.15) is 6.54 Å². The molecule has 3 rings (SSSR count). The summed E-state index contributed by atoms with van der Waals surface area (Å²) in [5.41, 5.74) is 4.77. The molecule has 1 aromatic rings. The number of imide groups is 1. The van der Waals surface area contributed by atoms with Crippen LogP contribution in [0.3, 0.4) is 0 Å². The summed E-state index contributed by atoms with van der Waals surface area (Å²) in [5.74, 6) is -2.60. The lowest BCUT2D eigenvalue weighted by Gasteiger charge is -2.14. The van der Waals surface area contributed by atoms with Crippen molar-refractivity contribution in [2.24, 2.45) is 11.8 Å². The molecule has 1 saturated heterocycles. The minimum atomic E-state index is -0.643. The highest BCUT2D eigenvalue weighted by atomic mass is 35.5. The Kier molecular flexibility index (Phi) is 4.85. The Bertz CT molecular complexity index is 734. The smallest absolute Gasteiger partial charge is 0.269 e. The Hall–Kier alpha value is -2.67. The number of fused-ring (bicyclic) bond motifs is 1. The molecule has 1 fully saturated rings. The van der Waals surface area contributed by atoms with E-state index in [4.69, 9.17) is 11.6 Å². The Balaban J connectivity index is 1.54. The van der Waals surface area contributed by atoms with Crippen molar-refractivity contribution in [1.82, 2.24) is 15.8 Å². The summed E-state index contributed by atoms with van der Waals surface area (Å²) in [6, 6.07) is 6.12. The summed E-state index contributed by atoms with van der Waals surface area (Å²) >= 11 is 5.74. The van der Waals surface area contributed by atoms with Gasteiger partial charge < -0.3 is 0 Å². The molecule has 2 aliphatic rings. The molecule has 0 bridgehead atoms. The number of allylic oxidation sites excluding steroid dienone is 2. The van der Waals surface area contributed by atoms with E-state index in [9.17, 15) is 19.2 Å². The lowest BCUT2D eigenvalue weighted by Crippen LogP contribution is -2.47. The van der Waals surface area contributed by atoms with Gasteiger partial charge in [-0.1, -0.05) is 23.8 Å². The predicted octanol–water partition coefficient (Wildman–Crippen LogP) is 1.05. The Morgan fingerprint density at radius 2 is 1.56 bits per heavy atom. The first kappa shape index (κ1) is 17.2. The fourth-order valence-electron chi connectivity index (χ4n) is 3.01. The van der Waals surface area contributed by atoms with Crippen molar-refractivity contribution in [3.05, 3.63) is 47.0 Å². The standard InChI is InChI=1S/C17H16ClN3O4/c18-11-7-5-10(6-8-11)15(23)20-19-14(22)9-21-16(24)12-3-1-2-4-13(12)17(21)25/h1-2,5-8,12-13H,3-4,9H2,(H,19,22)(H,20,23)/t12-,13-/m1/s1. The third-order valence-corrected chi connectivity index (χ3v) is 4.57. The highest BCUT2D eigenvalue weighted by molar-refractivity contribution is 6.30. The van der Waals surface area contributed by atoms with Gasteiger partial charge in [0.05, 0.1) is 11.8 Å². The van der Waals surface area contributed by atoms with Gasteiger partial charge in [0, 0.05) is 10.6 Å². The fourth-order valence-corrected chi connectivity index (χ4v) is 3.13. The van der Waals surface area contributed by atoms with Gasteiger partial charge >= 0.3 is 0 Å². The minimum absolute atomic E-state index is 0.315. The van der Waals surface area contributed by atoms with Crippen LogP contribution in [0, 0.1) is 11.8 Å². The zero-order chi connectivity index (χ0) is 18.0. The van der Waals surface area contributed by atoms with Crippen LogP contribution in [0.2, 0.25) is 5.02 Å². The molecule has 130 valence electrons. The second-order valence-electron chi connectivity index (χ2n) is 5.93. The predicted molar refractivity (Wildman–Crippen MR) is 89.1 cm³/mol. The number of hydrogen-bond acceptors (Lipinski definition) is 4. The summed E-state index contributed by atoms with van der Waals surface area (Å²) in [6.07, 6.45) is 4.78. The van der Waals surface area contributed by atoms with Crippen LogP contribution in [-0.4, -0.2) is 35.1 Å². The number of carbonyl (C=O) groups excluding carboxylic acids is 4. The molecule has 25 heavy (non-hydrogen) atoms. The van der Waals surface area contributed by atoms with Crippen molar-refractivity contribution >= 4 is 35.2 Å². The number of hydrogen-bond donors (Lipinski definition) is 2. The van der Waals surface area contributed by atoms with Crippen molar-refractivity contribution in [2.75, 3.05) is 6.54 Å². The molecule has 1 aromatic carbocycles. The van der Waals surface area contributed by atoms with Crippen LogP contribution in [0.1, 0.15) is 23.2 Å². The van der Waals surface area contributed by atoms with Crippen LogP contribution in [0.15, 0.2) is 36.4 Å². The Labute approximate surface area is 149 Å². The molecule has 2 atom stereocenters. The first-order chi connectivity index (χ1) is 12.0. The van der Waals surface area contributed by atoms with Gasteiger partial charge in [0.25, 0.3) is 11.8 Å². The average molecular weight is 362 g/mol. The second kappa shape index (κ2) is 7.06. The van der Waals surface area contributed by atoms with E-state index in [1.165, 1.54) is 12.1 Å². The number of benzene rings is 1. The van der Waals surface area contributed by atoms with Crippen LogP contribution in [0.25, 0.3) is 0 Å². The van der Waals surface area contributed by atoms with E-state index < -0.39 is 18.4 Å². The molecule has 0 aromatic heterocycles. The first-order valence-electron chi connectivity index (χ1n) is 7.82. The summed E-state index contributed by atoms with van der Waals surface area (Å²) in [6.45, 7) is -0.411. The van der Waals surface area contributed by atoms with Gasteiger partial charge in [-0.15, -0.1) is 0 Å². The third kappa shape index (κ3) is 3.56. The van der Waals surface area contributed by atoms with Crippen LogP contribution in [0.5, 0.6) is 0 Å². The average Bonchev–Trinajstić information content (AvgIpc) is 2.86. The molecule has 0 saturated carbocycles. The minimum Gasteiger partial charge on any atom is -0.274 e. The molecule has 2 N–H and O–H groups in total.